The SMILES string of the molecule is CCCCCCCOc1ccc(NC(=O)CNc2ccc(F)c(Cl)c2)cc1. The molecular weight excluding hydrogens is 367 g/mol. The monoisotopic (exact) mass is 392 g/mol. The summed E-state index contributed by atoms with van der Waals surface area (Å²) in [5.74, 6) is 0.0949. The van der Waals surface area contributed by atoms with E-state index >= 15 is 0 Å². The van der Waals surface area contributed by atoms with Crippen molar-refractivity contribution in [3.8, 4) is 5.75 Å². The fourth-order valence-corrected chi connectivity index (χ4v) is 2.70. The molecule has 146 valence electrons. The summed E-state index contributed by atoms with van der Waals surface area (Å²) in [7, 11) is 0. The summed E-state index contributed by atoms with van der Waals surface area (Å²) in [5.41, 5.74) is 1.27. The van der Waals surface area contributed by atoms with Crippen LogP contribution in [0.1, 0.15) is 39.0 Å². The highest BCUT2D eigenvalue weighted by atomic mass is 35.5. The highest BCUT2D eigenvalue weighted by Gasteiger charge is 2.05. The summed E-state index contributed by atoms with van der Waals surface area (Å²) in [6.07, 6.45) is 6.01. The van der Waals surface area contributed by atoms with Gasteiger partial charge in [-0.25, -0.2) is 4.39 Å². The Balaban J connectivity index is 1.70. The molecule has 1 amide bonds. The zero-order chi connectivity index (χ0) is 19.5. The van der Waals surface area contributed by atoms with E-state index in [0.717, 1.165) is 12.2 Å². The predicted molar refractivity (Wildman–Crippen MR) is 109 cm³/mol. The largest absolute Gasteiger partial charge is 0.494 e. The van der Waals surface area contributed by atoms with Crippen molar-refractivity contribution in [3.05, 3.63) is 53.3 Å². The van der Waals surface area contributed by atoms with Crippen LogP contribution in [0.4, 0.5) is 15.8 Å². The van der Waals surface area contributed by atoms with Crippen LogP contribution in [-0.2, 0) is 4.79 Å². The number of carbonyl (C=O) groups is 1. The molecule has 2 rings (SSSR count). The van der Waals surface area contributed by atoms with E-state index in [-0.39, 0.29) is 17.5 Å². The summed E-state index contributed by atoms with van der Waals surface area (Å²) in [6.45, 7) is 2.96. The molecule has 0 aliphatic rings. The van der Waals surface area contributed by atoms with E-state index in [9.17, 15) is 9.18 Å². The molecule has 0 radical (unpaired) electrons. The third kappa shape index (κ3) is 7.87. The molecule has 2 aromatic rings. The van der Waals surface area contributed by atoms with Crippen molar-refractivity contribution in [1.82, 2.24) is 0 Å². The number of halogens is 2. The molecule has 0 spiro atoms. The van der Waals surface area contributed by atoms with E-state index < -0.39 is 5.82 Å². The minimum Gasteiger partial charge on any atom is -0.494 e. The van der Waals surface area contributed by atoms with Gasteiger partial charge in [-0.2, -0.15) is 0 Å². The van der Waals surface area contributed by atoms with Crippen LogP contribution in [0.3, 0.4) is 0 Å². The van der Waals surface area contributed by atoms with Crippen LogP contribution in [0.2, 0.25) is 5.02 Å². The van der Waals surface area contributed by atoms with Crippen LogP contribution in [0, 0.1) is 5.82 Å². The number of anilines is 2. The number of rotatable bonds is 11. The first-order valence-corrected chi connectivity index (χ1v) is 9.68. The Morgan fingerprint density at radius 3 is 2.44 bits per heavy atom. The van der Waals surface area contributed by atoms with Gasteiger partial charge in [0.25, 0.3) is 0 Å². The molecule has 0 aliphatic heterocycles. The van der Waals surface area contributed by atoms with Crippen LogP contribution in [-0.4, -0.2) is 19.1 Å². The molecular formula is C21H26ClFN2O2. The van der Waals surface area contributed by atoms with Gasteiger partial charge in [-0.1, -0.05) is 44.2 Å². The smallest absolute Gasteiger partial charge is 0.243 e. The Morgan fingerprint density at radius 2 is 1.74 bits per heavy atom. The first-order chi connectivity index (χ1) is 13.1. The quantitative estimate of drug-likeness (QED) is 0.469. The molecule has 0 saturated carbocycles. The Kier molecular flexibility index (Phi) is 8.92. The first-order valence-electron chi connectivity index (χ1n) is 9.30. The van der Waals surface area contributed by atoms with Gasteiger partial charge in [0, 0.05) is 11.4 Å². The van der Waals surface area contributed by atoms with Gasteiger partial charge < -0.3 is 15.4 Å². The molecule has 27 heavy (non-hydrogen) atoms. The van der Waals surface area contributed by atoms with E-state index in [2.05, 4.69) is 17.6 Å². The van der Waals surface area contributed by atoms with Crippen LogP contribution in [0.5, 0.6) is 5.75 Å². The number of ether oxygens (including phenoxy) is 1. The summed E-state index contributed by atoms with van der Waals surface area (Å²) < 4.78 is 18.8. The van der Waals surface area contributed by atoms with Gasteiger partial charge in [0.05, 0.1) is 18.2 Å². The van der Waals surface area contributed by atoms with Crippen molar-refractivity contribution in [2.24, 2.45) is 0 Å². The summed E-state index contributed by atoms with van der Waals surface area (Å²) >= 11 is 5.71. The minimum atomic E-state index is -0.491. The van der Waals surface area contributed by atoms with Crippen molar-refractivity contribution in [3.63, 3.8) is 0 Å². The van der Waals surface area contributed by atoms with E-state index in [4.69, 9.17) is 16.3 Å². The van der Waals surface area contributed by atoms with E-state index in [0.29, 0.717) is 18.0 Å². The van der Waals surface area contributed by atoms with Crippen LogP contribution < -0.4 is 15.4 Å². The molecule has 0 atom stereocenters. The van der Waals surface area contributed by atoms with E-state index in [1.54, 1.807) is 12.1 Å². The van der Waals surface area contributed by atoms with Gasteiger partial charge in [-0.3, -0.25) is 4.79 Å². The normalized spacial score (nSPS) is 10.5. The standard InChI is InChI=1S/C21H26ClFN2O2/c1-2-3-4-5-6-13-27-18-10-7-16(8-11-18)25-21(26)15-24-17-9-12-20(23)19(22)14-17/h7-12,14,24H,2-6,13,15H2,1H3,(H,25,26). The fourth-order valence-electron chi connectivity index (χ4n) is 2.52. The Morgan fingerprint density at radius 1 is 1.04 bits per heavy atom. The van der Waals surface area contributed by atoms with E-state index in [1.165, 1.54) is 43.9 Å². The topological polar surface area (TPSA) is 50.4 Å². The predicted octanol–water partition coefficient (Wildman–Crippen LogP) is 5.88. The van der Waals surface area contributed by atoms with Gasteiger partial charge in [0.1, 0.15) is 11.6 Å². The number of benzene rings is 2. The summed E-state index contributed by atoms with van der Waals surface area (Å²) in [4.78, 5) is 12.0. The minimum absolute atomic E-state index is 0.0151. The zero-order valence-electron chi connectivity index (χ0n) is 15.6. The third-order valence-electron chi connectivity index (χ3n) is 4.03. The second-order valence-corrected chi connectivity index (χ2v) is 6.72. The summed E-state index contributed by atoms with van der Waals surface area (Å²) in [5, 5.41) is 5.71. The van der Waals surface area contributed by atoms with Crippen molar-refractivity contribution >= 4 is 28.9 Å². The van der Waals surface area contributed by atoms with Gasteiger partial charge in [0.15, 0.2) is 0 Å². The molecule has 0 unspecified atom stereocenters. The maximum atomic E-state index is 13.1. The number of carbonyl (C=O) groups excluding carboxylic acids is 1. The molecule has 0 saturated heterocycles. The molecule has 6 heteroatoms. The van der Waals surface area contributed by atoms with Crippen molar-refractivity contribution in [2.45, 2.75) is 39.0 Å². The lowest BCUT2D eigenvalue weighted by Crippen LogP contribution is -2.21. The van der Waals surface area contributed by atoms with Gasteiger partial charge >= 0.3 is 0 Å². The molecule has 0 fully saturated rings. The number of unbranched alkanes of at least 4 members (excludes halogenated alkanes) is 4. The number of hydrogen-bond acceptors (Lipinski definition) is 3. The number of amides is 1. The molecule has 0 aliphatic carbocycles. The van der Waals surface area contributed by atoms with Crippen LogP contribution in [0.25, 0.3) is 0 Å². The zero-order valence-corrected chi connectivity index (χ0v) is 16.3. The molecule has 0 bridgehead atoms. The highest BCUT2D eigenvalue weighted by molar-refractivity contribution is 6.31. The van der Waals surface area contributed by atoms with Crippen molar-refractivity contribution in [2.75, 3.05) is 23.8 Å². The fraction of sp³-hybridized carbons (Fsp3) is 0.381. The third-order valence-corrected chi connectivity index (χ3v) is 4.32. The highest BCUT2D eigenvalue weighted by Crippen LogP contribution is 2.19. The molecule has 2 N–H and O–H groups in total. The molecule has 0 aromatic heterocycles. The lowest BCUT2D eigenvalue weighted by Gasteiger charge is -2.10. The maximum absolute atomic E-state index is 13.1. The lowest BCUT2D eigenvalue weighted by molar-refractivity contribution is -0.114. The van der Waals surface area contributed by atoms with Crippen LogP contribution >= 0.6 is 11.6 Å². The number of nitrogens with one attached hydrogen (secondary N) is 2. The van der Waals surface area contributed by atoms with E-state index in [1.807, 2.05) is 12.1 Å². The van der Waals surface area contributed by atoms with Crippen molar-refractivity contribution < 1.29 is 13.9 Å². The second kappa shape index (κ2) is 11.4. The molecule has 2 aromatic carbocycles. The van der Waals surface area contributed by atoms with Gasteiger partial charge in [0.2, 0.25) is 5.91 Å². The maximum Gasteiger partial charge on any atom is 0.243 e. The number of hydrogen-bond donors (Lipinski definition) is 2. The van der Waals surface area contributed by atoms with Gasteiger partial charge in [-0.15, -0.1) is 0 Å². The second-order valence-electron chi connectivity index (χ2n) is 6.32. The van der Waals surface area contributed by atoms with Gasteiger partial charge in [-0.05, 0) is 48.9 Å². The van der Waals surface area contributed by atoms with Crippen LogP contribution in [0.15, 0.2) is 42.5 Å². The average Bonchev–Trinajstić information content (AvgIpc) is 2.67. The Labute approximate surface area is 165 Å². The average molecular weight is 393 g/mol. The lowest BCUT2D eigenvalue weighted by atomic mass is 10.2. The Bertz CT molecular complexity index is 723. The first kappa shape index (κ1) is 21.0. The Hall–Kier alpha value is -2.27. The summed E-state index contributed by atoms with van der Waals surface area (Å²) in [6, 6.07) is 11.5. The molecule has 4 nitrogen and oxygen atoms in total. The molecule has 0 heterocycles. The van der Waals surface area contributed by atoms with Crippen molar-refractivity contribution in [1.29, 1.82) is 0 Å².